The van der Waals surface area contributed by atoms with Crippen LogP contribution in [-0.2, 0) is 21.1 Å². The van der Waals surface area contributed by atoms with E-state index in [0.717, 1.165) is 34.8 Å². The lowest BCUT2D eigenvalue weighted by atomic mass is 10.1. The number of hydrogen-bond donors (Lipinski definition) is 0. The van der Waals surface area contributed by atoms with Crippen molar-refractivity contribution in [1.82, 2.24) is 4.57 Å². The van der Waals surface area contributed by atoms with Crippen molar-refractivity contribution < 1.29 is 18.3 Å². The minimum atomic E-state index is -3.25. The van der Waals surface area contributed by atoms with Gasteiger partial charge in [-0.1, -0.05) is 30.3 Å². The predicted octanol–water partition coefficient (Wildman–Crippen LogP) is 4.34. The molecule has 0 unspecified atom stereocenters. The van der Waals surface area contributed by atoms with Gasteiger partial charge in [-0.2, -0.15) is 11.8 Å². The third-order valence-corrected chi connectivity index (χ3v) is 6.96. The zero-order chi connectivity index (χ0) is 22.4. The van der Waals surface area contributed by atoms with Crippen molar-refractivity contribution in [2.75, 3.05) is 24.4 Å². The highest BCUT2D eigenvalue weighted by Crippen LogP contribution is 2.31. The molecule has 0 N–H and O–H groups in total. The van der Waals surface area contributed by atoms with Crippen molar-refractivity contribution in [3.63, 3.8) is 0 Å². The number of sulfone groups is 1. The number of rotatable bonds is 10. The topological polar surface area (TPSA) is 91.4 Å². The zero-order valence-electron chi connectivity index (χ0n) is 17.4. The lowest BCUT2D eigenvalue weighted by Crippen LogP contribution is -2.04. The van der Waals surface area contributed by atoms with Crippen LogP contribution in [0.3, 0.4) is 0 Å². The summed E-state index contributed by atoms with van der Waals surface area (Å²) in [6.07, 6.45) is 2.01. The van der Waals surface area contributed by atoms with E-state index in [0.29, 0.717) is 10.6 Å². The van der Waals surface area contributed by atoms with Crippen LogP contribution in [0.4, 0.5) is 0 Å². The second kappa shape index (κ2) is 10.0. The molecule has 164 valence electrons. The van der Waals surface area contributed by atoms with E-state index in [4.69, 9.17) is 0 Å². The normalized spacial score (nSPS) is 11.4. The van der Waals surface area contributed by atoms with Crippen molar-refractivity contribution in [2.24, 2.45) is 0 Å². The number of aromatic nitrogens is 1. The van der Waals surface area contributed by atoms with Crippen LogP contribution >= 0.6 is 11.8 Å². The lowest BCUT2D eigenvalue weighted by Gasteiger charge is -2.13. The highest BCUT2D eigenvalue weighted by molar-refractivity contribution is 7.99. The molecule has 0 fully saturated rings. The van der Waals surface area contributed by atoms with Crippen molar-refractivity contribution in [3.05, 3.63) is 82.0 Å². The van der Waals surface area contributed by atoms with E-state index in [9.17, 15) is 18.5 Å². The van der Waals surface area contributed by atoms with Crippen molar-refractivity contribution in [1.29, 1.82) is 0 Å². The molecule has 31 heavy (non-hydrogen) atoms. The first-order valence-corrected chi connectivity index (χ1v) is 12.7. The number of aryl methyl sites for hydroxylation is 1. The second-order valence-corrected chi connectivity index (χ2v) is 10.3. The molecule has 0 aliphatic heterocycles. The van der Waals surface area contributed by atoms with Gasteiger partial charge in [0.15, 0.2) is 9.84 Å². The Kier molecular flexibility index (Phi) is 7.40. The van der Waals surface area contributed by atoms with Gasteiger partial charge in [0.25, 0.3) is 5.09 Å². The van der Waals surface area contributed by atoms with E-state index in [1.54, 1.807) is 23.9 Å². The van der Waals surface area contributed by atoms with Gasteiger partial charge in [-0.15, -0.1) is 10.1 Å². The molecule has 0 aliphatic carbocycles. The Labute approximate surface area is 186 Å². The van der Waals surface area contributed by atoms with Crippen LogP contribution in [0.2, 0.25) is 0 Å². The number of hydrogen-bond acceptors (Lipinski definition) is 6. The van der Waals surface area contributed by atoms with E-state index in [-0.39, 0.29) is 6.61 Å². The minimum absolute atomic E-state index is 0.0829. The molecule has 9 heteroatoms. The van der Waals surface area contributed by atoms with Crippen molar-refractivity contribution in [3.8, 4) is 16.9 Å². The molecule has 0 aliphatic rings. The summed E-state index contributed by atoms with van der Waals surface area (Å²) in [5.41, 5.74) is 5.22. The molecule has 1 heterocycles. The molecule has 0 amide bonds. The van der Waals surface area contributed by atoms with Crippen LogP contribution in [0, 0.1) is 17.0 Å². The fourth-order valence-electron chi connectivity index (χ4n) is 3.36. The Morgan fingerprint density at radius 2 is 1.74 bits per heavy atom. The summed E-state index contributed by atoms with van der Waals surface area (Å²) >= 11 is 1.60. The maximum Gasteiger partial charge on any atom is 0.294 e. The molecule has 3 rings (SSSR count). The summed E-state index contributed by atoms with van der Waals surface area (Å²) < 4.78 is 25.8. The van der Waals surface area contributed by atoms with E-state index in [2.05, 4.69) is 22.4 Å². The molecule has 7 nitrogen and oxygen atoms in total. The zero-order valence-corrected chi connectivity index (χ0v) is 19.0. The van der Waals surface area contributed by atoms with Crippen LogP contribution in [-0.4, -0.2) is 42.4 Å². The van der Waals surface area contributed by atoms with Crippen LogP contribution < -0.4 is 0 Å². The van der Waals surface area contributed by atoms with Gasteiger partial charge < -0.3 is 9.40 Å². The molecule has 0 radical (unpaired) electrons. The molecule has 0 spiro atoms. The van der Waals surface area contributed by atoms with E-state index >= 15 is 0 Å². The Hall–Kier alpha value is -2.78. The van der Waals surface area contributed by atoms with Gasteiger partial charge in [0, 0.05) is 23.4 Å². The third kappa shape index (κ3) is 5.89. The molecule has 0 saturated heterocycles. The quantitative estimate of drug-likeness (QED) is 0.254. The molecule has 2 aromatic carbocycles. The maximum atomic E-state index is 11.8. The summed E-state index contributed by atoms with van der Waals surface area (Å²) in [6.45, 7) is 2.15. The molecule has 0 atom stereocenters. The number of benzene rings is 2. The first kappa shape index (κ1) is 22.9. The first-order chi connectivity index (χ1) is 14.8. The van der Waals surface area contributed by atoms with Crippen molar-refractivity contribution >= 4 is 21.6 Å². The fourth-order valence-corrected chi connectivity index (χ4v) is 4.75. The predicted molar refractivity (Wildman–Crippen MR) is 123 cm³/mol. The summed E-state index contributed by atoms with van der Waals surface area (Å²) in [5.74, 6) is 1.37. The van der Waals surface area contributed by atoms with Crippen LogP contribution in [0.25, 0.3) is 16.9 Å². The highest BCUT2D eigenvalue weighted by atomic mass is 32.2. The largest absolute Gasteiger partial charge is 0.314 e. The van der Waals surface area contributed by atoms with Crippen LogP contribution in [0.5, 0.6) is 0 Å². The Morgan fingerprint density at radius 3 is 2.35 bits per heavy atom. The van der Waals surface area contributed by atoms with Gasteiger partial charge in [-0.3, -0.25) is 0 Å². The van der Waals surface area contributed by atoms with E-state index in [1.807, 2.05) is 42.5 Å². The van der Waals surface area contributed by atoms with Crippen LogP contribution in [0.15, 0.2) is 65.6 Å². The van der Waals surface area contributed by atoms with Crippen LogP contribution in [0.1, 0.15) is 11.3 Å². The fraction of sp³-hybridized carbons (Fsp3) is 0.273. The molecule has 1 aromatic heterocycles. The highest BCUT2D eigenvalue weighted by Gasteiger charge is 2.16. The monoisotopic (exact) mass is 460 g/mol. The van der Waals surface area contributed by atoms with Crippen molar-refractivity contribution in [2.45, 2.75) is 18.2 Å². The SMILES string of the molecule is Cc1c(CCSCCO[N+](=O)[O-])cc(-c2ccc(S(C)(=O)=O)cc2)n1-c1ccccc1. The Morgan fingerprint density at radius 1 is 1.06 bits per heavy atom. The van der Waals surface area contributed by atoms with E-state index < -0.39 is 14.9 Å². The number of thioether (sulfide) groups is 1. The molecule has 0 saturated carbocycles. The molecular formula is C22H24N2O5S2. The van der Waals surface area contributed by atoms with Gasteiger partial charge in [-0.25, -0.2) is 8.42 Å². The average molecular weight is 461 g/mol. The van der Waals surface area contributed by atoms with Gasteiger partial charge in [0.05, 0.1) is 10.6 Å². The average Bonchev–Trinajstić information content (AvgIpc) is 3.06. The Balaban J connectivity index is 1.87. The third-order valence-electron chi connectivity index (χ3n) is 4.88. The first-order valence-electron chi connectivity index (χ1n) is 9.69. The standard InChI is InChI=1S/C22H24N2O5S2/c1-17-19(12-14-30-15-13-29-24(25)26)16-22(23(17)20-6-4-3-5-7-20)18-8-10-21(11-9-18)31(2,27)28/h3-11,16H,12-15H2,1-2H3. The number of nitrogens with zero attached hydrogens (tertiary/aromatic N) is 2. The summed E-state index contributed by atoms with van der Waals surface area (Å²) in [7, 11) is -3.25. The number of para-hydroxylation sites is 1. The summed E-state index contributed by atoms with van der Waals surface area (Å²) in [4.78, 5) is 14.9. The summed E-state index contributed by atoms with van der Waals surface area (Å²) in [6, 6.07) is 19.1. The minimum Gasteiger partial charge on any atom is -0.314 e. The maximum absolute atomic E-state index is 11.8. The molecular weight excluding hydrogens is 436 g/mol. The lowest BCUT2D eigenvalue weighted by molar-refractivity contribution is -0.756. The van der Waals surface area contributed by atoms with E-state index in [1.165, 1.54) is 11.8 Å². The Bertz CT molecular complexity index is 1140. The molecule has 3 aromatic rings. The smallest absolute Gasteiger partial charge is 0.294 e. The van der Waals surface area contributed by atoms with Gasteiger partial charge in [-0.05, 0) is 60.6 Å². The van der Waals surface area contributed by atoms with Gasteiger partial charge >= 0.3 is 0 Å². The summed E-state index contributed by atoms with van der Waals surface area (Å²) in [5, 5.41) is 9.45. The second-order valence-electron chi connectivity index (χ2n) is 7.03. The van der Waals surface area contributed by atoms with Gasteiger partial charge in [0.2, 0.25) is 0 Å². The molecule has 0 bridgehead atoms. The van der Waals surface area contributed by atoms with Gasteiger partial charge in [0.1, 0.15) is 6.61 Å².